The molecule has 0 saturated carbocycles. The number of carbonyl (C=O) groups is 1. The number of aliphatic hydroxyl groups is 1. The molecule has 1 amide bonds. The molecule has 23 heavy (non-hydrogen) atoms. The number of anilines is 1. The highest BCUT2D eigenvalue weighted by molar-refractivity contribution is 7.13. The Bertz CT molecular complexity index is 640. The van der Waals surface area contributed by atoms with Crippen molar-refractivity contribution >= 4 is 22.4 Å². The summed E-state index contributed by atoms with van der Waals surface area (Å²) >= 11 is 1.41. The van der Waals surface area contributed by atoms with Crippen molar-refractivity contribution in [3.63, 3.8) is 0 Å². The smallest absolute Gasteiger partial charge is 0.240 e. The fourth-order valence-corrected chi connectivity index (χ4v) is 2.92. The van der Waals surface area contributed by atoms with Crippen molar-refractivity contribution in [2.75, 3.05) is 25.0 Å². The predicted molar refractivity (Wildman–Crippen MR) is 93.7 cm³/mol. The van der Waals surface area contributed by atoms with Crippen molar-refractivity contribution in [3.8, 4) is 0 Å². The summed E-state index contributed by atoms with van der Waals surface area (Å²) in [7, 11) is 0. The lowest BCUT2D eigenvalue weighted by molar-refractivity contribution is -0.117. The van der Waals surface area contributed by atoms with E-state index in [9.17, 15) is 9.90 Å². The van der Waals surface area contributed by atoms with Crippen molar-refractivity contribution in [2.24, 2.45) is 0 Å². The van der Waals surface area contributed by atoms with Gasteiger partial charge in [0.05, 0.1) is 18.3 Å². The zero-order chi connectivity index (χ0) is 16.8. The third-order valence-corrected chi connectivity index (χ3v) is 4.45. The Kier molecular flexibility index (Phi) is 6.27. The third kappa shape index (κ3) is 5.42. The number of aromatic nitrogens is 1. The molecule has 1 heterocycles. The Morgan fingerprint density at radius 1 is 1.35 bits per heavy atom. The average Bonchev–Trinajstić information content (AvgIpc) is 2.92. The van der Waals surface area contributed by atoms with Crippen LogP contribution in [-0.4, -0.2) is 40.5 Å². The lowest BCUT2D eigenvalue weighted by atomic mass is 10.1. The molecule has 5 nitrogen and oxygen atoms in total. The van der Waals surface area contributed by atoms with Crippen molar-refractivity contribution < 1.29 is 9.90 Å². The van der Waals surface area contributed by atoms with E-state index in [1.165, 1.54) is 11.3 Å². The van der Waals surface area contributed by atoms with Crippen LogP contribution in [-0.2, 0) is 4.79 Å². The number of hydrogen-bond donors (Lipinski definition) is 2. The Morgan fingerprint density at radius 2 is 2.04 bits per heavy atom. The highest BCUT2D eigenvalue weighted by atomic mass is 32.1. The number of rotatable bonds is 7. The van der Waals surface area contributed by atoms with Gasteiger partial charge in [-0.2, -0.15) is 0 Å². The maximum absolute atomic E-state index is 12.1. The number of nitrogens with zero attached hydrogens (tertiary/aromatic N) is 2. The zero-order valence-corrected chi connectivity index (χ0v) is 14.6. The van der Waals surface area contributed by atoms with Gasteiger partial charge in [0.25, 0.3) is 0 Å². The van der Waals surface area contributed by atoms with Gasteiger partial charge < -0.3 is 10.4 Å². The van der Waals surface area contributed by atoms with E-state index < -0.39 is 6.10 Å². The molecule has 2 N–H and O–H groups in total. The maximum Gasteiger partial charge on any atom is 0.240 e. The van der Waals surface area contributed by atoms with Crippen molar-refractivity contribution in [3.05, 3.63) is 46.5 Å². The van der Waals surface area contributed by atoms with Gasteiger partial charge in [-0.05, 0) is 26.0 Å². The van der Waals surface area contributed by atoms with Gasteiger partial charge in [-0.1, -0.05) is 36.8 Å². The Morgan fingerprint density at radius 3 is 2.61 bits per heavy atom. The van der Waals surface area contributed by atoms with Gasteiger partial charge in [0.15, 0.2) is 5.13 Å². The molecule has 1 unspecified atom stereocenters. The molecule has 0 radical (unpaired) electrons. The maximum atomic E-state index is 12.1. The number of aliphatic hydroxyl groups excluding tert-OH is 1. The number of carbonyl (C=O) groups excluding carboxylic acids is 1. The largest absolute Gasteiger partial charge is 0.387 e. The van der Waals surface area contributed by atoms with E-state index in [1.54, 1.807) is 0 Å². The second kappa shape index (κ2) is 8.19. The molecule has 0 bridgehead atoms. The summed E-state index contributed by atoms with van der Waals surface area (Å²) < 4.78 is 0. The number of thiazole rings is 1. The molecule has 2 rings (SSSR count). The van der Waals surface area contributed by atoms with Crippen LogP contribution in [0.2, 0.25) is 0 Å². The fourth-order valence-electron chi connectivity index (χ4n) is 2.22. The Balaban J connectivity index is 1.88. The fraction of sp³-hybridized carbons (Fsp3) is 0.412. The van der Waals surface area contributed by atoms with Crippen LogP contribution in [0.4, 0.5) is 5.13 Å². The number of nitrogens with one attached hydrogen (secondary N) is 1. The van der Waals surface area contributed by atoms with Crippen LogP contribution in [0.1, 0.15) is 29.8 Å². The lowest BCUT2D eigenvalue weighted by Crippen LogP contribution is -2.36. The van der Waals surface area contributed by atoms with Crippen LogP contribution >= 0.6 is 11.3 Å². The molecule has 0 saturated heterocycles. The summed E-state index contributed by atoms with van der Waals surface area (Å²) in [4.78, 5) is 18.2. The van der Waals surface area contributed by atoms with E-state index in [0.717, 1.165) is 16.8 Å². The monoisotopic (exact) mass is 333 g/mol. The van der Waals surface area contributed by atoms with E-state index in [1.807, 2.05) is 55.3 Å². The lowest BCUT2D eigenvalue weighted by Gasteiger charge is -2.23. The van der Waals surface area contributed by atoms with E-state index in [2.05, 4.69) is 10.3 Å². The average molecular weight is 333 g/mol. The molecule has 0 aliphatic heterocycles. The van der Waals surface area contributed by atoms with Crippen LogP contribution in [0.5, 0.6) is 0 Å². The van der Waals surface area contributed by atoms with Crippen LogP contribution < -0.4 is 5.32 Å². The summed E-state index contributed by atoms with van der Waals surface area (Å²) in [5.41, 5.74) is 2.92. The van der Waals surface area contributed by atoms with Crippen molar-refractivity contribution in [2.45, 2.75) is 26.9 Å². The molecule has 0 aliphatic carbocycles. The molecular weight excluding hydrogens is 310 g/mol. The molecule has 2 aromatic rings. The summed E-state index contributed by atoms with van der Waals surface area (Å²) in [6.45, 7) is 7.22. The SMILES string of the molecule is CCN(CC(=O)Nc1nc(C)cs1)CC(O)c1ccc(C)cc1. The number of benzene rings is 1. The standard InChI is InChI=1S/C17H23N3O2S/c1-4-20(9-15(21)14-7-5-12(2)6-8-14)10-16(22)19-17-18-13(3)11-23-17/h5-8,11,15,21H,4,9-10H2,1-3H3,(H,18,19,22). The normalized spacial score (nSPS) is 12.4. The molecule has 1 aromatic carbocycles. The topological polar surface area (TPSA) is 65.5 Å². The van der Waals surface area contributed by atoms with E-state index in [0.29, 0.717) is 18.2 Å². The van der Waals surface area contributed by atoms with Gasteiger partial charge in [-0.3, -0.25) is 9.69 Å². The Labute approximate surface area is 141 Å². The molecule has 1 atom stereocenters. The van der Waals surface area contributed by atoms with Gasteiger partial charge in [0.2, 0.25) is 5.91 Å². The van der Waals surface area contributed by atoms with Gasteiger partial charge in [-0.25, -0.2) is 4.98 Å². The quantitative estimate of drug-likeness (QED) is 0.818. The minimum atomic E-state index is -0.606. The molecule has 1 aromatic heterocycles. The van der Waals surface area contributed by atoms with Crippen LogP contribution in [0.3, 0.4) is 0 Å². The second-order valence-corrected chi connectivity index (χ2v) is 6.45. The van der Waals surface area contributed by atoms with E-state index >= 15 is 0 Å². The van der Waals surface area contributed by atoms with Crippen LogP contribution in [0.25, 0.3) is 0 Å². The second-order valence-electron chi connectivity index (χ2n) is 5.60. The van der Waals surface area contributed by atoms with Gasteiger partial charge in [0, 0.05) is 11.9 Å². The summed E-state index contributed by atoms with van der Waals surface area (Å²) in [5.74, 6) is -0.114. The summed E-state index contributed by atoms with van der Waals surface area (Å²) in [6, 6.07) is 7.80. The highest BCUT2D eigenvalue weighted by Crippen LogP contribution is 2.16. The first kappa shape index (κ1) is 17.6. The molecule has 0 aliphatic rings. The summed E-state index contributed by atoms with van der Waals surface area (Å²) in [5, 5.41) is 15.6. The first-order chi connectivity index (χ1) is 11.0. The number of aryl methyl sites for hydroxylation is 2. The van der Waals surface area contributed by atoms with Crippen LogP contribution in [0.15, 0.2) is 29.6 Å². The van der Waals surface area contributed by atoms with Crippen molar-refractivity contribution in [1.82, 2.24) is 9.88 Å². The Hall–Kier alpha value is -1.76. The first-order valence-corrected chi connectivity index (χ1v) is 8.55. The molecule has 124 valence electrons. The van der Waals surface area contributed by atoms with E-state index in [-0.39, 0.29) is 12.5 Å². The zero-order valence-electron chi connectivity index (χ0n) is 13.7. The molecule has 0 spiro atoms. The molecular formula is C17H23N3O2S. The number of likely N-dealkylation sites (N-methyl/N-ethyl adjacent to an activating group) is 1. The molecule has 6 heteroatoms. The number of amides is 1. The van der Waals surface area contributed by atoms with Gasteiger partial charge >= 0.3 is 0 Å². The minimum Gasteiger partial charge on any atom is -0.387 e. The number of hydrogen-bond acceptors (Lipinski definition) is 5. The van der Waals surface area contributed by atoms with Gasteiger partial charge in [0.1, 0.15) is 0 Å². The highest BCUT2D eigenvalue weighted by Gasteiger charge is 2.16. The molecule has 0 fully saturated rings. The van der Waals surface area contributed by atoms with Crippen molar-refractivity contribution in [1.29, 1.82) is 0 Å². The van der Waals surface area contributed by atoms with Crippen LogP contribution in [0, 0.1) is 13.8 Å². The van der Waals surface area contributed by atoms with Gasteiger partial charge in [-0.15, -0.1) is 11.3 Å². The minimum absolute atomic E-state index is 0.114. The summed E-state index contributed by atoms with van der Waals surface area (Å²) in [6.07, 6.45) is -0.606. The third-order valence-electron chi connectivity index (χ3n) is 3.57. The predicted octanol–water partition coefficient (Wildman–Crippen LogP) is 2.75. The first-order valence-electron chi connectivity index (χ1n) is 7.67. The van der Waals surface area contributed by atoms with E-state index in [4.69, 9.17) is 0 Å².